The van der Waals surface area contributed by atoms with E-state index in [1.54, 1.807) is 0 Å². The van der Waals surface area contributed by atoms with Crippen molar-refractivity contribution in [3.8, 4) is 0 Å². The molecule has 0 aromatic heterocycles. The predicted molar refractivity (Wildman–Crippen MR) is 46.8 cm³/mol. The topological polar surface area (TPSA) is 69.6 Å². The number of carboxylic acid groups (broad SMARTS) is 1. The molecule has 2 N–H and O–H groups in total. The van der Waals surface area contributed by atoms with Crippen molar-refractivity contribution in [2.45, 2.75) is 25.1 Å². The van der Waals surface area contributed by atoms with Crippen LogP contribution in [0.1, 0.15) is 13.3 Å². The Hall–Kier alpha value is -1.47. The highest BCUT2D eigenvalue weighted by atomic mass is 19.4. The summed E-state index contributed by atoms with van der Waals surface area (Å²) in [5, 5.41) is 10.9. The Kier molecular flexibility index (Phi) is 3.02. The molecule has 1 saturated heterocycles. The summed E-state index contributed by atoms with van der Waals surface area (Å²) < 4.78 is 38.1. The van der Waals surface area contributed by atoms with E-state index in [1.165, 1.54) is 0 Å². The van der Waals surface area contributed by atoms with Gasteiger partial charge in [0.25, 0.3) is 0 Å². The van der Waals surface area contributed by atoms with E-state index in [0.29, 0.717) is 11.8 Å². The van der Waals surface area contributed by atoms with E-state index < -0.39 is 23.7 Å². The van der Waals surface area contributed by atoms with Crippen LogP contribution < -0.4 is 5.32 Å². The van der Waals surface area contributed by atoms with E-state index in [0.717, 1.165) is 0 Å². The predicted octanol–water partition coefficient (Wildman–Crippen LogP) is 0.807. The van der Waals surface area contributed by atoms with Gasteiger partial charge in [-0.15, -0.1) is 0 Å². The molecule has 16 heavy (non-hydrogen) atoms. The van der Waals surface area contributed by atoms with Gasteiger partial charge in [0.2, 0.25) is 5.54 Å². The van der Waals surface area contributed by atoms with Gasteiger partial charge in [0, 0.05) is 13.1 Å². The van der Waals surface area contributed by atoms with Crippen molar-refractivity contribution in [3.05, 3.63) is 0 Å². The molecule has 1 heterocycles. The summed E-state index contributed by atoms with van der Waals surface area (Å²) >= 11 is 0. The molecule has 2 amide bonds. The molecule has 1 fully saturated rings. The van der Waals surface area contributed by atoms with Crippen molar-refractivity contribution in [2.75, 3.05) is 13.1 Å². The van der Waals surface area contributed by atoms with E-state index >= 15 is 0 Å². The Bertz CT molecular complexity index is 318. The third kappa shape index (κ3) is 1.79. The molecule has 92 valence electrons. The molecule has 1 unspecified atom stereocenters. The molecule has 8 heteroatoms. The number of hydrogen-bond acceptors (Lipinski definition) is 2. The lowest BCUT2D eigenvalue weighted by atomic mass is 9.98. The van der Waals surface area contributed by atoms with Gasteiger partial charge in [0.15, 0.2) is 0 Å². The fraction of sp³-hybridized carbons (Fsp3) is 0.750. The maximum absolute atomic E-state index is 12.7. The molecule has 0 radical (unpaired) electrons. The minimum Gasteiger partial charge on any atom is -0.479 e. The number of hydrogen-bond donors (Lipinski definition) is 2. The zero-order valence-electron chi connectivity index (χ0n) is 8.47. The van der Waals surface area contributed by atoms with Gasteiger partial charge >= 0.3 is 18.2 Å². The molecule has 1 aliphatic heterocycles. The summed E-state index contributed by atoms with van der Waals surface area (Å²) in [6, 6.07) is -1.01. The Balaban J connectivity index is 3.11. The number of rotatable bonds is 2. The second-order valence-corrected chi connectivity index (χ2v) is 3.61. The van der Waals surface area contributed by atoms with E-state index in [2.05, 4.69) is 5.32 Å². The van der Waals surface area contributed by atoms with Gasteiger partial charge in [-0.1, -0.05) is 0 Å². The molecule has 0 saturated carbocycles. The van der Waals surface area contributed by atoms with Crippen molar-refractivity contribution in [1.29, 1.82) is 0 Å². The van der Waals surface area contributed by atoms with Crippen molar-refractivity contribution in [3.63, 3.8) is 0 Å². The van der Waals surface area contributed by atoms with Crippen LogP contribution in [-0.2, 0) is 4.79 Å². The van der Waals surface area contributed by atoms with Crippen LogP contribution in [0.3, 0.4) is 0 Å². The lowest BCUT2D eigenvalue weighted by Gasteiger charge is -2.40. The summed E-state index contributed by atoms with van der Waals surface area (Å²) in [5.41, 5.74) is -3.18. The first-order valence-electron chi connectivity index (χ1n) is 4.57. The molecule has 0 aromatic carbocycles. The number of alkyl halides is 3. The van der Waals surface area contributed by atoms with Crippen LogP contribution in [0.25, 0.3) is 0 Å². The molecule has 5 nitrogen and oxygen atoms in total. The van der Waals surface area contributed by atoms with Gasteiger partial charge in [-0.2, -0.15) is 13.2 Å². The van der Waals surface area contributed by atoms with Gasteiger partial charge in [-0.3, -0.25) is 0 Å². The highest BCUT2D eigenvalue weighted by Crippen LogP contribution is 2.36. The fourth-order valence-corrected chi connectivity index (χ4v) is 1.45. The largest absolute Gasteiger partial charge is 0.479 e. The average molecular weight is 240 g/mol. The summed E-state index contributed by atoms with van der Waals surface area (Å²) in [4.78, 5) is 22.3. The molecule has 1 aliphatic rings. The second kappa shape index (κ2) is 3.84. The summed E-state index contributed by atoms with van der Waals surface area (Å²) in [7, 11) is 0. The number of carboxylic acids is 1. The van der Waals surface area contributed by atoms with Crippen molar-refractivity contribution in [1.82, 2.24) is 10.2 Å². The second-order valence-electron chi connectivity index (χ2n) is 3.61. The monoisotopic (exact) mass is 240 g/mol. The van der Waals surface area contributed by atoms with Crippen LogP contribution in [0, 0.1) is 0 Å². The third-order valence-corrected chi connectivity index (χ3v) is 2.59. The molecular formula is C8H11F3N2O3. The average Bonchev–Trinajstić information content (AvgIpc) is 2.15. The van der Waals surface area contributed by atoms with Crippen molar-refractivity contribution >= 4 is 12.0 Å². The first kappa shape index (κ1) is 12.6. The van der Waals surface area contributed by atoms with Crippen molar-refractivity contribution in [2.24, 2.45) is 0 Å². The molecule has 0 aliphatic carbocycles. The zero-order valence-corrected chi connectivity index (χ0v) is 8.47. The number of halogens is 3. The van der Waals surface area contributed by atoms with Gasteiger partial charge in [0.1, 0.15) is 0 Å². The van der Waals surface area contributed by atoms with Crippen LogP contribution in [0.4, 0.5) is 18.0 Å². The Labute approximate surface area is 89.2 Å². The normalized spacial score (nSPS) is 21.2. The maximum atomic E-state index is 12.7. The number of nitrogens with zero attached hydrogens (tertiary/aromatic N) is 1. The van der Waals surface area contributed by atoms with Crippen molar-refractivity contribution < 1.29 is 27.9 Å². The number of urea groups is 1. The first-order valence-corrected chi connectivity index (χ1v) is 4.57. The van der Waals surface area contributed by atoms with E-state index in [1.807, 2.05) is 0 Å². The highest BCUT2D eigenvalue weighted by molar-refractivity contribution is 5.87. The van der Waals surface area contributed by atoms with E-state index in [-0.39, 0.29) is 19.5 Å². The summed E-state index contributed by atoms with van der Waals surface area (Å²) in [6.45, 7) is 0.511. The SMILES string of the molecule is CC(C(=O)O)(N1CCCNC1=O)C(F)(F)F. The molecule has 0 spiro atoms. The number of nitrogens with one attached hydrogen (secondary N) is 1. The smallest absolute Gasteiger partial charge is 0.422 e. The lowest BCUT2D eigenvalue weighted by molar-refractivity contribution is -0.226. The van der Waals surface area contributed by atoms with Crippen LogP contribution in [0.5, 0.6) is 0 Å². The molecule has 0 aromatic rings. The number of aliphatic carboxylic acids is 1. The first-order chi connectivity index (χ1) is 7.21. The Morgan fingerprint density at radius 3 is 2.44 bits per heavy atom. The van der Waals surface area contributed by atoms with Crippen LogP contribution in [0.15, 0.2) is 0 Å². The Morgan fingerprint density at radius 1 is 1.50 bits per heavy atom. The van der Waals surface area contributed by atoms with E-state index in [4.69, 9.17) is 5.11 Å². The minimum atomic E-state index is -5.02. The number of amides is 2. The summed E-state index contributed by atoms with van der Waals surface area (Å²) in [5.74, 6) is -2.09. The van der Waals surface area contributed by atoms with Gasteiger partial charge < -0.3 is 15.3 Å². The van der Waals surface area contributed by atoms with Crippen LogP contribution in [-0.4, -0.2) is 46.8 Å². The van der Waals surface area contributed by atoms with Gasteiger partial charge in [0.05, 0.1) is 0 Å². The molecule has 1 atom stereocenters. The van der Waals surface area contributed by atoms with Crippen LogP contribution >= 0.6 is 0 Å². The Morgan fingerprint density at radius 2 is 2.06 bits per heavy atom. The zero-order chi connectivity index (χ0) is 12.6. The fourth-order valence-electron chi connectivity index (χ4n) is 1.45. The quantitative estimate of drug-likeness (QED) is 0.750. The number of carbonyl (C=O) groups is 2. The lowest BCUT2D eigenvalue weighted by Crippen LogP contribution is -2.67. The molecular weight excluding hydrogens is 229 g/mol. The standard InChI is InChI=1S/C8H11F3N2O3/c1-7(5(14)15,8(9,10)11)13-4-2-3-12-6(13)16/h2-4H2,1H3,(H,12,16)(H,14,15). The van der Waals surface area contributed by atoms with Gasteiger partial charge in [-0.05, 0) is 13.3 Å². The van der Waals surface area contributed by atoms with E-state index in [9.17, 15) is 22.8 Å². The minimum absolute atomic E-state index is 0.228. The molecule has 1 rings (SSSR count). The number of carbonyl (C=O) groups excluding carboxylic acids is 1. The third-order valence-electron chi connectivity index (χ3n) is 2.59. The van der Waals surface area contributed by atoms with Crippen LogP contribution in [0.2, 0.25) is 0 Å². The maximum Gasteiger partial charge on any atom is 0.422 e. The highest BCUT2D eigenvalue weighted by Gasteiger charge is 2.62. The van der Waals surface area contributed by atoms with Gasteiger partial charge in [-0.25, -0.2) is 9.59 Å². The molecule has 0 bridgehead atoms. The summed E-state index contributed by atoms with van der Waals surface area (Å²) in [6.07, 6.45) is -4.74.